The van der Waals surface area contributed by atoms with Crippen LogP contribution in [0.25, 0.3) is 0 Å². The van der Waals surface area contributed by atoms with Crippen LogP contribution in [-0.2, 0) is 4.79 Å². The lowest BCUT2D eigenvalue weighted by atomic mass is 10.1. The van der Waals surface area contributed by atoms with Crippen LogP contribution in [0.2, 0.25) is 0 Å². The summed E-state index contributed by atoms with van der Waals surface area (Å²) in [5, 5.41) is 0. The number of carbonyl (C=O) groups excluding carboxylic acids is 1. The Kier molecular flexibility index (Phi) is 5.56. The van der Waals surface area contributed by atoms with Crippen molar-refractivity contribution in [1.29, 1.82) is 0 Å². The second kappa shape index (κ2) is 6.46. The summed E-state index contributed by atoms with van der Waals surface area (Å²) in [6.07, 6.45) is 4.23. The van der Waals surface area contributed by atoms with Crippen molar-refractivity contribution in [1.82, 2.24) is 4.90 Å². The van der Waals surface area contributed by atoms with E-state index in [9.17, 15) is 4.79 Å². The third-order valence-electron chi connectivity index (χ3n) is 2.72. The Balaban J connectivity index is 1.96. The van der Waals surface area contributed by atoms with Crippen LogP contribution in [-0.4, -0.2) is 42.8 Å². The lowest BCUT2D eigenvalue weighted by Gasteiger charge is -2.10. The van der Waals surface area contributed by atoms with Crippen molar-refractivity contribution >= 4 is 17.5 Å². The second-order valence-corrected chi connectivity index (χ2v) is 5.48. The Bertz CT molecular complexity index is 182. The van der Waals surface area contributed by atoms with Crippen molar-refractivity contribution in [3.63, 3.8) is 0 Å². The Hall–Kier alpha value is -0.0200. The van der Waals surface area contributed by atoms with Crippen LogP contribution in [0.4, 0.5) is 0 Å². The van der Waals surface area contributed by atoms with Crippen LogP contribution < -0.4 is 0 Å². The van der Waals surface area contributed by atoms with Crippen molar-refractivity contribution < 1.29 is 4.79 Å². The molecule has 1 fully saturated rings. The quantitative estimate of drug-likeness (QED) is 0.632. The van der Waals surface area contributed by atoms with Crippen molar-refractivity contribution in [2.24, 2.45) is 5.92 Å². The Labute approximate surface area is 91.4 Å². The number of rotatable bonds is 6. The zero-order valence-electron chi connectivity index (χ0n) is 9.29. The zero-order chi connectivity index (χ0) is 10.4. The standard InChI is InChI=1S/C11H21NOS/c1-12(2)7-9-14-8-6-10-4-3-5-11(10)13/h10H,3-9H2,1-2H3. The van der Waals surface area contributed by atoms with E-state index in [1.165, 1.54) is 5.75 Å². The third kappa shape index (κ3) is 4.47. The van der Waals surface area contributed by atoms with E-state index < -0.39 is 0 Å². The summed E-state index contributed by atoms with van der Waals surface area (Å²) in [6, 6.07) is 0. The fourth-order valence-corrected chi connectivity index (χ4v) is 2.92. The van der Waals surface area contributed by atoms with Gasteiger partial charge >= 0.3 is 0 Å². The van der Waals surface area contributed by atoms with Gasteiger partial charge in [-0.1, -0.05) is 0 Å². The van der Waals surface area contributed by atoms with Gasteiger partial charge in [0, 0.05) is 24.6 Å². The van der Waals surface area contributed by atoms with Crippen molar-refractivity contribution in [3.05, 3.63) is 0 Å². The Morgan fingerprint density at radius 3 is 2.79 bits per heavy atom. The van der Waals surface area contributed by atoms with Gasteiger partial charge in [-0.25, -0.2) is 0 Å². The highest BCUT2D eigenvalue weighted by atomic mass is 32.2. The molecule has 1 unspecified atom stereocenters. The normalized spacial score (nSPS) is 22.2. The van der Waals surface area contributed by atoms with E-state index in [1.807, 2.05) is 11.8 Å². The van der Waals surface area contributed by atoms with Gasteiger partial charge in [0.2, 0.25) is 0 Å². The minimum absolute atomic E-state index is 0.404. The maximum atomic E-state index is 11.3. The number of Topliss-reactive ketones (excluding diaryl/α,β-unsaturated/α-hetero) is 1. The molecule has 0 heterocycles. The minimum Gasteiger partial charge on any atom is -0.309 e. The number of nitrogens with zero attached hydrogens (tertiary/aromatic N) is 1. The first-order valence-electron chi connectivity index (χ1n) is 5.45. The topological polar surface area (TPSA) is 20.3 Å². The first-order valence-corrected chi connectivity index (χ1v) is 6.61. The van der Waals surface area contributed by atoms with Gasteiger partial charge in [0.15, 0.2) is 0 Å². The summed E-state index contributed by atoms with van der Waals surface area (Å²) in [7, 11) is 4.20. The van der Waals surface area contributed by atoms with Crippen molar-refractivity contribution in [3.8, 4) is 0 Å². The molecule has 1 aliphatic carbocycles. The lowest BCUT2D eigenvalue weighted by molar-refractivity contribution is -0.120. The summed E-state index contributed by atoms with van der Waals surface area (Å²) in [4.78, 5) is 13.5. The molecule has 14 heavy (non-hydrogen) atoms. The van der Waals surface area contributed by atoms with E-state index in [1.54, 1.807) is 0 Å². The van der Waals surface area contributed by atoms with Crippen LogP contribution in [0.15, 0.2) is 0 Å². The zero-order valence-corrected chi connectivity index (χ0v) is 10.1. The average Bonchev–Trinajstić information content (AvgIpc) is 2.51. The molecular formula is C11H21NOS. The number of hydrogen-bond donors (Lipinski definition) is 0. The molecule has 0 aromatic heterocycles. The molecule has 0 aromatic carbocycles. The molecule has 2 nitrogen and oxygen atoms in total. The molecule has 3 heteroatoms. The number of hydrogen-bond acceptors (Lipinski definition) is 3. The third-order valence-corrected chi connectivity index (χ3v) is 3.72. The molecule has 1 atom stereocenters. The molecule has 0 bridgehead atoms. The molecule has 0 spiro atoms. The number of thioether (sulfide) groups is 1. The van der Waals surface area contributed by atoms with E-state index in [0.717, 1.165) is 38.0 Å². The van der Waals surface area contributed by atoms with Crippen molar-refractivity contribution in [2.45, 2.75) is 25.7 Å². The molecular weight excluding hydrogens is 194 g/mol. The highest BCUT2D eigenvalue weighted by Crippen LogP contribution is 2.25. The average molecular weight is 215 g/mol. The van der Waals surface area contributed by atoms with E-state index >= 15 is 0 Å². The first-order chi connectivity index (χ1) is 6.70. The molecule has 1 saturated carbocycles. The number of carbonyl (C=O) groups is 1. The summed E-state index contributed by atoms with van der Waals surface area (Å²) in [5.41, 5.74) is 0. The van der Waals surface area contributed by atoms with Crippen LogP contribution in [0, 0.1) is 5.92 Å². The van der Waals surface area contributed by atoms with Gasteiger partial charge in [-0.2, -0.15) is 11.8 Å². The Morgan fingerprint density at radius 1 is 1.43 bits per heavy atom. The maximum absolute atomic E-state index is 11.3. The van der Waals surface area contributed by atoms with Gasteiger partial charge in [-0.3, -0.25) is 4.79 Å². The largest absolute Gasteiger partial charge is 0.309 e. The summed E-state index contributed by atoms with van der Waals surface area (Å²) in [5.74, 6) is 3.26. The monoisotopic (exact) mass is 215 g/mol. The van der Waals surface area contributed by atoms with Gasteiger partial charge in [0.05, 0.1) is 0 Å². The molecule has 0 radical (unpaired) electrons. The minimum atomic E-state index is 0.404. The molecule has 1 rings (SSSR count). The molecule has 1 aliphatic rings. The lowest BCUT2D eigenvalue weighted by Crippen LogP contribution is -2.15. The van der Waals surface area contributed by atoms with Crippen molar-refractivity contribution in [2.75, 3.05) is 32.1 Å². The van der Waals surface area contributed by atoms with Gasteiger partial charge in [0.25, 0.3) is 0 Å². The maximum Gasteiger partial charge on any atom is 0.136 e. The van der Waals surface area contributed by atoms with E-state index in [0.29, 0.717) is 11.7 Å². The van der Waals surface area contributed by atoms with Gasteiger partial charge < -0.3 is 4.90 Å². The fourth-order valence-electron chi connectivity index (χ4n) is 1.77. The number of ketones is 1. The van der Waals surface area contributed by atoms with Crippen LogP contribution in [0.1, 0.15) is 25.7 Å². The van der Waals surface area contributed by atoms with Gasteiger partial charge in [-0.05, 0) is 39.1 Å². The van der Waals surface area contributed by atoms with E-state index in [4.69, 9.17) is 0 Å². The highest BCUT2D eigenvalue weighted by molar-refractivity contribution is 7.99. The summed E-state index contributed by atoms with van der Waals surface area (Å²) in [6.45, 7) is 1.14. The first kappa shape index (κ1) is 12.1. The molecule has 0 aromatic rings. The molecule has 0 saturated heterocycles. The van der Waals surface area contributed by atoms with Crippen LogP contribution in [0.5, 0.6) is 0 Å². The van der Waals surface area contributed by atoms with Gasteiger partial charge in [0.1, 0.15) is 5.78 Å². The Morgan fingerprint density at radius 2 is 2.21 bits per heavy atom. The van der Waals surface area contributed by atoms with E-state index in [-0.39, 0.29) is 0 Å². The smallest absolute Gasteiger partial charge is 0.136 e. The van der Waals surface area contributed by atoms with Gasteiger partial charge in [-0.15, -0.1) is 0 Å². The SMILES string of the molecule is CN(C)CCSCCC1CCCC1=O. The summed E-state index contributed by atoms with van der Waals surface area (Å²) < 4.78 is 0. The van der Waals surface area contributed by atoms with Crippen LogP contribution in [0.3, 0.4) is 0 Å². The van der Waals surface area contributed by atoms with E-state index in [2.05, 4.69) is 19.0 Å². The highest BCUT2D eigenvalue weighted by Gasteiger charge is 2.23. The summed E-state index contributed by atoms with van der Waals surface area (Å²) >= 11 is 1.98. The fraction of sp³-hybridized carbons (Fsp3) is 0.909. The molecule has 0 N–H and O–H groups in total. The molecule has 0 aliphatic heterocycles. The molecule has 0 amide bonds. The molecule has 82 valence electrons. The predicted molar refractivity (Wildman–Crippen MR) is 62.8 cm³/mol. The predicted octanol–water partition coefficient (Wildman–Crippen LogP) is 2.04. The van der Waals surface area contributed by atoms with Crippen LogP contribution >= 0.6 is 11.8 Å². The second-order valence-electron chi connectivity index (χ2n) is 4.26.